The fourth-order valence-corrected chi connectivity index (χ4v) is 5.03. The van der Waals surface area contributed by atoms with Gasteiger partial charge in [-0.15, -0.1) is 11.3 Å². The first kappa shape index (κ1) is 20.4. The van der Waals surface area contributed by atoms with Crippen molar-refractivity contribution in [1.82, 2.24) is 14.5 Å². The lowest BCUT2D eigenvalue weighted by Gasteiger charge is -2.09. The predicted molar refractivity (Wildman–Crippen MR) is 116 cm³/mol. The first-order valence-corrected chi connectivity index (χ1v) is 10.9. The van der Waals surface area contributed by atoms with Gasteiger partial charge in [0, 0.05) is 23.9 Å². The van der Waals surface area contributed by atoms with Crippen LogP contribution in [-0.4, -0.2) is 26.6 Å². The number of aldehydes is 1. The molecule has 5 rings (SSSR count). The quantitative estimate of drug-likeness (QED) is 0.318. The second-order valence-electron chi connectivity index (χ2n) is 7.61. The Bertz CT molecular complexity index is 1340. The second-order valence-corrected chi connectivity index (χ2v) is 8.61. The molecular formula is C24H17F2N3O2S. The Balaban J connectivity index is 1.52. The normalized spacial score (nSPS) is 12.7. The van der Waals surface area contributed by atoms with Crippen molar-refractivity contribution in [2.45, 2.75) is 25.7 Å². The highest BCUT2D eigenvalue weighted by molar-refractivity contribution is 7.17. The molecule has 0 atom stereocenters. The SMILES string of the molecule is O=Cc1cn(-c2ccc3c(c2)-c2sc(C(=O)Cc4c(F)cccc4F)nc2CCC3)cn1. The van der Waals surface area contributed by atoms with E-state index in [1.54, 1.807) is 17.1 Å². The van der Waals surface area contributed by atoms with Crippen molar-refractivity contribution < 1.29 is 18.4 Å². The summed E-state index contributed by atoms with van der Waals surface area (Å²) in [6.07, 6.45) is 6.03. The van der Waals surface area contributed by atoms with Crippen molar-refractivity contribution in [3.05, 3.63) is 88.1 Å². The number of thiazole rings is 1. The number of hydrogen-bond acceptors (Lipinski definition) is 5. The summed E-state index contributed by atoms with van der Waals surface area (Å²) < 4.78 is 29.8. The summed E-state index contributed by atoms with van der Waals surface area (Å²) in [5, 5.41) is 0.252. The molecule has 0 saturated heterocycles. The fourth-order valence-electron chi connectivity index (χ4n) is 3.93. The molecule has 1 aliphatic rings. The maximum atomic E-state index is 14.0. The molecule has 0 fully saturated rings. The first-order valence-electron chi connectivity index (χ1n) is 10.1. The summed E-state index contributed by atoms with van der Waals surface area (Å²) >= 11 is 1.26. The molecule has 1 aliphatic carbocycles. The zero-order valence-corrected chi connectivity index (χ0v) is 17.7. The third-order valence-electron chi connectivity index (χ3n) is 5.55. The van der Waals surface area contributed by atoms with E-state index in [2.05, 4.69) is 9.97 Å². The van der Waals surface area contributed by atoms with E-state index in [4.69, 9.17) is 0 Å². The summed E-state index contributed by atoms with van der Waals surface area (Å²) in [5.74, 6) is -1.88. The third kappa shape index (κ3) is 3.67. The molecule has 0 amide bonds. The topological polar surface area (TPSA) is 64.8 Å². The molecule has 0 N–H and O–H groups in total. The van der Waals surface area contributed by atoms with Gasteiger partial charge in [-0.3, -0.25) is 9.59 Å². The van der Waals surface area contributed by atoms with Crippen molar-refractivity contribution in [3.63, 3.8) is 0 Å². The minimum absolute atomic E-state index is 0.239. The Morgan fingerprint density at radius 1 is 1.16 bits per heavy atom. The van der Waals surface area contributed by atoms with E-state index < -0.39 is 17.4 Å². The van der Waals surface area contributed by atoms with Crippen LogP contribution in [0.15, 0.2) is 48.9 Å². The number of hydrogen-bond donors (Lipinski definition) is 0. The smallest absolute Gasteiger partial charge is 0.195 e. The molecular weight excluding hydrogens is 432 g/mol. The van der Waals surface area contributed by atoms with E-state index in [9.17, 15) is 18.4 Å². The van der Waals surface area contributed by atoms with Crippen LogP contribution < -0.4 is 0 Å². The molecule has 8 heteroatoms. The van der Waals surface area contributed by atoms with Gasteiger partial charge in [-0.05, 0) is 54.7 Å². The summed E-state index contributed by atoms with van der Waals surface area (Å²) in [4.78, 5) is 33.3. The van der Waals surface area contributed by atoms with Gasteiger partial charge in [0.15, 0.2) is 17.1 Å². The zero-order chi connectivity index (χ0) is 22.2. The molecule has 4 aromatic rings. The molecule has 32 heavy (non-hydrogen) atoms. The molecule has 160 valence electrons. The molecule has 0 saturated carbocycles. The molecule has 0 bridgehead atoms. The number of Topliss-reactive ketones (excluding diaryl/α,β-unsaturated/α-hetero) is 1. The molecule has 0 spiro atoms. The molecule has 0 unspecified atom stereocenters. The number of aryl methyl sites for hydroxylation is 2. The maximum absolute atomic E-state index is 14.0. The fraction of sp³-hybridized carbons (Fsp3) is 0.167. The maximum Gasteiger partial charge on any atom is 0.195 e. The number of carbonyl (C=O) groups excluding carboxylic acids is 2. The summed E-state index contributed by atoms with van der Waals surface area (Å²) in [5.41, 5.74) is 3.88. The number of nitrogens with zero attached hydrogens (tertiary/aromatic N) is 3. The van der Waals surface area contributed by atoms with Crippen LogP contribution in [0.25, 0.3) is 16.1 Å². The lowest BCUT2D eigenvalue weighted by atomic mass is 10.0. The number of halogens is 2. The van der Waals surface area contributed by atoms with Crippen molar-refractivity contribution in [3.8, 4) is 16.1 Å². The first-order chi connectivity index (χ1) is 15.5. The highest BCUT2D eigenvalue weighted by Crippen LogP contribution is 2.38. The number of imidazole rings is 1. The summed E-state index contributed by atoms with van der Waals surface area (Å²) in [6, 6.07) is 9.57. The Morgan fingerprint density at radius 2 is 1.97 bits per heavy atom. The van der Waals surface area contributed by atoms with Crippen LogP contribution in [0.1, 0.15) is 43.5 Å². The van der Waals surface area contributed by atoms with Gasteiger partial charge >= 0.3 is 0 Å². The van der Waals surface area contributed by atoms with Crippen LogP contribution in [0.5, 0.6) is 0 Å². The number of benzene rings is 2. The van der Waals surface area contributed by atoms with Crippen LogP contribution in [0.2, 0.25) is 0 Å². The van der Waals surface area contributed by atoms with Gasteiger partial charge in [0.1, 0.15) is 23.7 Å². The van der Waals surface area contributed by atoms with Gasteiger partial charge in [0.05, 0.1) is 10.6 Å². The molecule has 2 aromatic heterocycles. The van der Waals surface area contributed by atoms with Crippen LogP contribution in [0.3, 0.4) is 0 Å². The van der Waals surface area contributed by atoms with Crippen molar-refractivity contribution >= 4 is 23.4 Å². The Hall–Kier alpha value is -3.52. The minimum atomic E-state index is -0.735. The lowest BCUT2D eigenvalue weighted by molar-refractivity contribution is 0.0989. The van der Waals surface area contributed by atoms with Gasteiger partial charge in [-0.1, -0.05) is 12.1 Å². The Morgan fingerprint density at radius 3 is 2.72 bits per heavy atom. The van der Waals surface area contributed by atoms with E-state index >= 15 is 0 Å². The highest BCUT2D eigenvalue weighted by Gasteiger charge is 2.24. The zero-order valence-electron chi connectivity index (χ0n) is 16.8. The average Bonchev–Trinajstić information content (AvgIpc) is 3.41. The lowest BCUT2D eigenvalue weighted by Crippen LogP contribution is -2.07. The van der Waals surface area contributed by atoms with Crippen LogP contribution in [0, 0.1) is 11.6 Å². The van der Waals surface area contributed by atoms with Gasteiger partial charge in [-0.25, -0.2) is 18.7 Å². The van der Waals surface area contributed by atoms with E-state index in [0.717, 1.165) is 58.8 Å². The number of fused-ring (bicyclic) bond motifs is 3. The monoisotopic (exact) mass is 449 g/mol. The van der Waals surface area contributed by atoms with E-state index in [1.165, 1.54) is 17.4 Å². The van der Waals surface area contributed by atoms with E-state index in [-0.39, 0.29) is 17.0 Å². The number of rotatable bonds is 5. The Kier molecular flexibility index (Phi) is 5.22. The van der Waals surface area contributed by atoms with Crippen LogP contribution >= 0.6 is 11.3 Å². The molecule has 0 aliphatic heterocycles. The minimum Gasteiger partial charge on any atom is -0.306 e. The van der Waals surface area contributed by atoms with E-state index in [0.29, 0.717) is 12.0 Å². The summed E-state index contributed by atoms with van der Waals surface area (Å²) in [6.45, 7) is 0. The van der Waals surface area contributed by atoms with Crippen LogP contribution in [0.4, 0.5) is 8.78 Å². The highest BCUT2D eigenvalue weighted by atomic mass is 32.1. The van der Waals surface area contributed by atoms with Gasteiger partial charge in [0.25, 0.3) is 0 Å². The van der Waals surface area contributed by atoms with Crippen molar-refractivity contribution in [2.24, 2.45) is 0 Å². The Labute approximate surface area is 186 Å². The molecule has 2 aromatic carbocycles. The number of ketones is 1. The third-order valence-corrected chi connectivity index (χ3v) is 6.73. The largest absolute Gasteiger partial charge is 0.306 e. The molecule has 0 radical (unpaired) electrons. The number of aromatic nitrogens is 3. The van der Waals surface area contributed by atoms with Crippen molar-refractivity contribution in [1.29, 1.82) is 0 Å². The summed E-state index contributed by atoms with van der Waals surface area (Å²) in [7, 11) is 0. The average molecular weight is 449 g/mol. The number of carbonyl (C=O) groups is 2. The molecule has 2 heterocycles. The predicted octanol–water partition coefficient (Wildman–Crippen LogP) is 5.00. The standard InChI is InChI=1S/C24H17F2N3O2S/c25-19-4-2-5-20(26)18(19)10-22(31)24-28-21-6-1-3-14-7-8-16(9-17(14)23(21)32-24)29-11-15(12-30)27-13-29/h2,4-5,7-9,11-13H,1,3,6,10H2. The van der Waals surface area contributed by atoms with Gasteiger partial charge in [-0.2, -0.15) is 0 Å². The second kappa shape index (κ2) is 8.20. The van der Waals surface area contributed by atoms with Crippen LogP contribution in [-0.2, 0) is 19.3 Å². The van der Waals surface area contributed by atoms with Gasteiger partial charge in [0.2, 0.25) is 0 Å². The van der Waals surface area contributed by atoms with E-state index in [1.807, 2.05) is 18.2 Å². The van der Waals surface area contributed by atoms with Crippen molar-refractivity contribution in [2.75, 3.05) is 0 Å². The molecule has 5 nitrogen and oxygen atoms in total. The van der Waals surface area contributed by atoms with Gasteiger partial charge < -0.3 is 4.57 Å².